The lowest BCUT2D eigenvalue weighted by atomic mass is 9.72. The summed E-state index contributed by atoms with van der Waals surface area (Å²) in [7, 11) is 1.64. The van der Waals surface area contributed by atoms with E-state index in [1.165, 1.54) is 0 Å². The maximum absolute atomic E-state index is 12.4. The minimum Gasteiger partial charge on any atom is -0.497 e. The minimum atomic E-state index is -0.488. The second-order valence-corrected chi connectivity index (χ2v) is 11.7. The Kier molecular flexibility index (Phi) is 7.93. The number of amides is 1. The lowest BCUT2D eigenvalue weighted by Crippen LogP contribution is -2.62. The third-order valence-electron chi connectivity index (χ3n) is 7.45. The highest BCUT2D eigenvalue weighted by Gasteiger charge is 2.48. The van der Waals surface area contributed by atoms with E-state index in [-0.39, 0.29) is 11.5 Å². The Labute approximate surface area is 241 Å². The molecule has 3 heterocycles. The summed E-state index contributed by atoms with van der Waals surface area (Å²) in [5, 5.41) is 9.91. The first-order valence-electron chi connectivity index (χ1n) is 13.8. The molecule has 1 spiro atoms. The number of rotatable bonds is 7. The van der Waals surface area contributed by atoms with Crippen LogP contribution in [0.2, 0.25) is 0 Å². The highest BCUT2D eigenvalue weighted by atomic mass is 16.6. The maximum Gasteiger partial charge on any atom is 0.410 e. The Morgan fingerprint density at radius 3 is 2.32 bits per heavy atom. The van der Waals surface area contributed by atoms with Gasteiger partial charge < -0.3 is 28.7 Å². The molecule has 1 aromatic heterocycles. The van der Waals surface area contributed by atoms with Gasteiger partial charge in [0, 0.05) is 43.7 Å². The second kappa shape index (κ2) is 11.6. The minimum absolute atomic E-state index is 0.136. The van der Waals surface area contributed by atoms with Crippen molar-refractivity contribution in [2.45, 2.75) is 45.8 Å². The van der Waals surface area contributed by atoms with Crippen LogP contribution in [0, 0.1) is 16.7 Å². The smallest absolute Gasteiger partial charge is 0.410 e. The SMILES string of the molecule is COc1ccc(COc2cncc(Oc3ccc(N4CCC5(CC4)CN(C(=O)OC(C)(C)C)C5)c(C#N)c3)c2)cc1. The van der Waals surface area contributed by atoms with Crippen molar-refractivity contribution in [1.82, 2.24) is 9.88 Å². The van der Waals surface area contributed by atoms with Crippen molar-refractivity contribution in [3.8, 4) is 29.1 Å². The van der Waals surface area contributed by atoms with Gasteiger partial charge in [-0.25, -0.2) is 4.79 Å². The molecule has 0 radical (unpaired) electrons. The van der Waals surface area contributed by atoms with E-state index >= 15 is 0 Å². The van der Waals surface area contributed by atoms with E-state index in [4.69, 9.17) is 18.9 Å². The molecule has 9 nitrogen and oxygen atoms in total. The van der Waals surface area contributed by atoms with Gasteiger partial charge in [-0.1, -0.05) is 12.1 Å². The molecule has 2 aromatic carbocycles. The summed E-state index contributed by atoms with van der Waals surface area (Å²) in [5.74, 6) is 2.45. The Morgan fingerprint density at radius 2 is 1.66 bits per heavy atom. The molecule has 0 bridgehead atoms. The van der Waals surface area contributed by atoms with E-state index in [2.05, 4.69) is 16.0 Å². The first-order valence-corrected chi connectivity index (χ1v) is 13.8. The predicted molar refractivity (Wildman–Crippen MR) is 154 cm³/mol. The van der Waals surface area contributed by atoms with Gasteiger partial charge in [0.15, 0.2) is 0 Å². The molecule has 0 unspecified atom stereocenters. The number of pyridine rings is 1. The van der Waals surface area contributed by atoms with Crippen LogP contribution in [0.25, 0.3) is 0 Å². The normalized spacial score (nSPS) is 16.0. The summed E-state index contributed by atoms with van der Waals surface area (Å²) < 4.78 is 22.6. The fourth-order valence-electron chi connectivity index (χ4n) is 5.26. The number of aromatic nitrogens is 1. The number of ether oxygens (including phenoxy) is 4. The second-order valence-electron chi connectivity index (χ2n) is 11.7. The molecule has 2 aliphatic rings. The average Bonchev–Trinajstić information content (AvgIpc) is 2.94. The van der Waals surface area contributed by atoms with Gasteiger partial charge in [0.1, 0.15) is 41.3 Å². The van der Waals surface area contributed by atoms with Crippen molar-refractivity contribution in [3.05, 3.63) is 72.1 Å². The number of carbonyl (C=O) groups excluding carboxylic acids is 1. The zero-order chi connectivity index (χ0) is 29.0. The number of methoxy groups -OCH3 is 1. The van der Waals surface area contributed by atoms with Gasteiger partial charge in [-0.15, -0.1) is 0 Å². The Morgan fingerprint density at radius 1 is 0.976 bits per heavy atom. The van der Waals surface area contributed by atoms with E-state index in [0.717, 1.165) is 56.0 Å². The summed E-state index contributed by atoms with van der Waals surface area (Å²) in [5.41, 5.74) is 2.11. The summed E-state index contributed by atoms with van der Waals surface area (Å²) >= 11 is 0. The van der Waals surface area contributed by atoms with Crippen molar-refractivity contribution in [3.63, 3.8) is 0 Å². The summed E-state index contributed by atoms with van der Waals surface area (Å²) in [4.78, 5) is 20.6. The third kappa shape index (κ3) is 6.83. The van der Waals surface area contributed by atoms with Crippen LogP contribution in [-0.4, -0.2) is 54.9 Å². The monoisotopic (exact) mass is 556 g/mol. The molecular formula is C32H36N4O5. The van der Waals surface area contributed by atoms with E-state index < -0.39 is 5.60 Å². The van der Waals surface area contributed by atoms with Crippen molar-refractivity contribution in [1.29, 1.82) is 5.26 Å². The zero-order valence-electron chi connectivity index (χ0n) is 24.1. The Balaban J connectivity index is 1.16. The zero-order valence-corrected chi connectivity index (χ0v) is 24.1. The van der Waals surface area contributed by atoms with E-state index in [0.29, 0.717) is 29.4 Å². The number of carbonyl (C=O) groups is 1. The van der Waals surface area contributed by atoms with Crippen LogP contribution >= 0.6 is 0 Å². The highest BCUT2D eigenvalue weighted by Crippen LogP contribution is 2.42. The van der Waals surface area contributed by atoms with Gasteiger partial charge in [-0.3, -0.25) is 4.98 Å². The molecule has 9 heteroatoms. The molecular weight excluding hydrogens is 520 g/mol. The van der Waals surface area contributed by atoms with Crippen LogP contribution in [0.1, 0.15) is 44.7 Å². The number of hydrogen-bond acceptors (Lipinski definition) is 8. The van der Waals surface area contributed by atoms with E-state index in [9.17, 15) is 10.1 Å². The average molecular weight is 557 g/mol. The van der Waals surface area contributed by atoms with Crippen molar-refractivity contribution in [2.75, 3.05) is 38.2 Å². The largest absolute Gasteiger partial charge is 0.497 e. The summed E-state index contributed by atoms with van der Waals surface area (Å²) in [6.07, 6.45) is 4.94. The molecule has 5 rings (SSSR count). The number of nitriles is 1. The van der Waals surface area contributed by atoms with Crippen molar-refractivity contribution < 1.29 is 23.7 Å². The van der Waals surface area contributed by atoms with Gasteiger partial charge in [0.05, 0.1) is 30.8 Å². The molecule has 2 fully saturated rings. The number of hydrogen-bond donors (Lipinski definition) is 0. The lowest BCUT2D eigenvalue weighted by Gasteiger charge is -2.54. The molecule has 1 amide bonds. The van der Waals surface area contributed by atoms with Crippen LogP contribution in [0.5, 0.6) is 23.0 Å². The van der Waals surface area contributed by atoms with Gasteiger partial charge in [-0.05, 0) is 63.4 Å². The molecule has 0 aliphatic carbocycles. The molecule has 0 atom stereocenters. The number of anilines is 1. The number of nitrogens with zero attached hydrogens (tertiary/aromatic N) is 4. The third-order valence-corrected chi connectivity index (χ3v) is 7.45. The van der Waals surface area contributed by atoms with Crippen LogP contribution in [0.15, 0.2) is 60.9 Å². The van der Waals surface area contributed by atoms with E-state index in [1.807, 2.05) is 57.2 Å². The topological polar surface area (TPSA) is 97.2 Å². The molecule has 214 valence electrons. The summed E-state index contributed by atoms with van der Waals surface area (Å²) in [6.45, 7) is 9.15. The molecule has 3 aromatic rings. The van der Waals surface area contributed by atoms with Gasteiger partial charge in [-0.2, -0.15) is 5.26 Å². The Bertz CT molecular complexity index is 1410. The quantitative estimate of drug-likeness (QED) is 0.341. The van der Waals surface area contributed by atoms with Crippen molar-refractivity contribution in [2.24, 2.45) is 5.41 Å². The fraction of sp³-hybridized carbons (Fsp3) is 0.406. The first-order chi connectivity index (χ1) is 19.6. The molecule has 2 saturated heterocycles. The van der Waals surface area contributed by atoms with Gasteiger partial charge in [0.2, 0.25) is 0 Å². The van der Waals surface area contributed by atoms with Crippen LogP contribution < -0.4 is 19.1 Å². The van der Waals surface area contributed by atoms with Gasteiger partial charge >= 0.3 is 6.09 Å². The maximum atomic E-state index is 12.4. The first kappa shape index (κ1) is 28.1. The van der Waals surface area contributed by atoms with Crippen LogP contribution in [0.3, 0.4) is 0 Å². The fourth-order valence-corrected chi connectivity index (χ4v) is 5.26. The highest BCUT2D eigenvalue weighted by molar-refractivity contribution is 5.69. The number of likely N-dealkylation sites (tertiary alicyclic amines) is 1. The van der Waals surface area contributed by atoms with Crippen molar-refractivity contribution >= 4 is 11.8 Å². The predicted octanol–water partition coefficient (Wildman–Crippen LogP) is 6.17. The van der Waals surface area contributed by atoms with Gasteiger partial charge in [0.25, 0.3) is 0 Å². The molecule has 0 N–H and O–H groups in total. The van der Waals surface area contributed by atoms with Crippen LogP contribution in [-0.2, 0) is 11.3 Å². The Hall–Kier alpha value is -4.45. The summed E-state index contributed by atoms with van der Waals surface area (Å²) in [6, 6.07) is 17.4. The lowest BCUT2D eigenvalue weighted by molar-refractivity contribution is -0.0434. The standard InChI is InChI=1S/C32H36N4O5/c1-31(2,3)41-30(37)36-21-32(22-36)11-13-35(14-12-32)29-10-9-26(15-24(29)17-33)40-28-16-27(18-34-19-28)39-20-23-5-7-25(38-4)8-6-23/h5-10,15-16,18-19H,11-14,20-22H2,1-4H3. The number of benzene rings is 2. The molecule has 2 aliphatic heterocycles. The van der Waals surface area contributed by atoms with Crippen LogP contribution in [0.4, 0.5) is 10.5 Å². The number of piperidine rings is 1. The molecule has 41 heavy (non-hydrogen) atoms. The van der Waals surface area contributed by atoms with E-state index in [1.54, 1.807) is 36.5 Å². The molecule has 0 saturated carbocycles.